The fraction of sp³-hybridized carbons (Fsp3) is 0.120. The Labute approximate surface area is 190 Å². The Kier molecular flexibility index (Phi) is 4.83. The third-order valence-electron chi connectivity index (χ3n) is 5.79. The first-order chi connectivity index (χ1) is 15.8. The van der Waals surface area contributed by atoms with Crippen LogP contribution in [-0.2, 0) is 17.1 Å². The van der Waals surface area contributed by atoms with Crippen molar-refractivity contribution in [3.05, 3.63) is 88.2 Å². The van der Waals surface area contributed by atoms with E-state index in [1.54, 1.807) is 49.5 Å². The van der Waals surface area contributed by atoms with Crippen molar-refractivity contribution in [2.45, 2.75) is 11.8 Å². The molecule has 1 aromatic heterocycles. The van der Waals surface area contributed by atoms with Crippen molar-refractivity contribution in [2.24, 2.45) is 7.05 Å². The van der Waals surface area contributed by atoms with E-state index in [1.165, 1.54) is 28.8 Å². The van der Waals surface area contributed by atoms with Gasteiger partial charge in [0.1, 0.15) is 5.75 Å². The van der Waals surface area contributed by atoms with E-state index in [1.807, 2.05) is 6.92 Å². The molecule has 0 spiro atoms. The van der Waals surface area contributed by atoms with Crippen LogP contribution in [0.3, 0.4) is 0 Å². The summed E-state index contributed by atoms with van der Waals surface area (Å²) in [4.78, 5) is 26.1. The van der Waals surface area contributed by atoms with Crippen LogP contribution >= 0.6 is 0 Å². The van der Waals surface area contributed by atoms with Crippen molar-refractivity contribution in [2.75, 3.05) is 11.3 Å². The number of fused-ring (bicyclic) bond motifs is 2. The van der Waals surface area contributed by atoms with Gasteiger partial charge in [0, 0.05) is 24.1 Å². The predicted molar refractivity (Wildman–Crippen MR) is 126 cm³/mol. The summed E-state index contributed by atoms with van der Waals surface area (Å²) in [5, 5.41) is 0.549. The highest BCUT2D eigenvalue weighted by atomic mass is 32.2. The van der Waals surface area contributed by atoms with Crippen molar-refractivity contribution in [3.63, 3.8) is 0 Å². The molecule has 166 valence electrons. The molecule has 0 aliphatic heterocycles. The monoisotopic (exact) mass is 460 g/mol. The number of pyridine rings is 1. The molecule has 0 atom stereocenters. The van der Waals surface area contributed by atoms with Gasteiger partial charge in [-0.1, -0.05) is 24.3 Å². The Hall–Kier alpha value is -3.91. The van der Waals surface area contributed by atoms with Gasteiger partial charge < -0.3 is 9.30 Å². The molecule has 0 bridgehead atoms. The quantitative estimate of drug-likeness (QED) is 0.429. The molecular formula is C25H20N2O5S. The Balaban J connectivity index is 1.70. The van der Waals surface area contributed by atoms with Gasteiger partial charge in [-0.25, -0.2) is 8.42 Å². The van der Waals surface area contributed by atoms with E-state index >= 15 is 0 Å². The number of carbonyl (C=O) groups is 1. The number of carbonyl (C=O) groups excluding carboxylic acids is 1. The lowest BCUT2D eigenvalue weighted by molar-refractivity contribution is 0.104. The lowest BCUT2D eigenvalue weighted by Crippen LogP contribution is -2.22. The highest BCUT2D eigenvalue weighted by Gasteiger charge is 2.30. The largest absolute Gasteiger partial charge is 0.494 e. The zero-order chi connectivity index (χ0) is 23.3. The Morgan fingerprint density at radius 2 is 1.61 bits per heavy atom. The van der Waals surface area contributed by atoms with E-state index in [4.69, 9.17) is 4.74 Å². The zero-order valence-corrected chi connectivity index (χ0v) is 18.8. The molecule has 0 saturated carbocycles. The molecule has 33 heavy (non-hydrogen) atoms. The smallest absolute Gasteiger partial charge is 0.261 e. The van der Waals surface area contributed by atoms with Crippen molar-refractivity contribution in [3.8, 4) is 16.9 Å². The van der Waals surface area contributed by atoms with Crippen molar-refractivity contribution in [1.29, 1.82) is 0 Å². The van der Waals surface area contributed by atoms with Gasteiger partial charge in [-0.2, -0.15) is 0 Å². The molecule has 1 aliphatic carbocycles. The number of aryl methyl sites for hydroxylation is 1. The average molecular weight is 461 g/mol. The van der Waals surface area contributed by atoms with Gasteiger partial charge in [0.05, 0.1) is 28.3 Å². The van der Waals surface area contributed by atoms with Crippen LogP contribution in [0, 0.1) is 0 Å². The summed E-state index contributed by atoms with van der Waals surface area (Å²) in [6.45, 7) is 2.32. The molecule has 4 aromatic rings. The molecule has 1 aliphatic rings. The Morgan fingerprint density at radius 1 is 0.909 bits per heavy atom. The lowest BCUT2D eigenvalue weighted by Gasteiger charge is -2.23. The maximum absolute atomic E-state index is 13.5. The van der Waals surface area contributed by atoms with E-state index < -0.39 is 10.0 Å². The molecule has 0 fully saturated rings. The number of benzene rings is 3. The summed E-state index contributed by atoms with van der Waals surface area (Å²) in [6, 6.07) is 17.8. The standard InChI is InChI=1S/C25H20N2O5S/c1-3-32-15-8-10-16(11-9-15)33(30,31)26-20-12-13-21-23-19(14-22(28)27(21)2)17-6-4-5-7-18(17)25(29)24(20)23/h4-14,26H,3H2,1-2H3. The third-order valence-corrected chi connectivity index (χ3v) is 7.17. The average Bonchev–Trinajstić information content (AvgIpc) is 2.81. The number of aromatic nitrogens is 1. The third kappa shape index (κ3) is 3.30. The molecule has 1 heterocycles. The van der Waals surface area contributed by atoms with Gasteiger partial charge in [-0.15, -0.1) is 0 Å². The fourth-order valence-electron chi connectivity index (χ4n) is 4.22. The number of anilines is 1. The molecule has 5 rings (SSSR count). The minimum absolute atomic E-state index is 0.0441. The molecule has 0 saturated heterocycles. The molecule has 0 unspecified atom stereocenters. The van der Waals surface area contributed by atoms with Crippen LogP contribution in [0.1, 0.15) is 22.8 Å². The summed E-state index contributed by atoms with van der Waals surface area (Å²) in [5.74, 6) is 0.265. The summed E-state index contributed by atoms with van der Waals surface area (Å²) in [5.41, 5.74) is 2.42. The second-order valence-corrected chi connectivity index (χ2v) is 9.40. The van der Waals surface area contributed by atoms with E-state index in [-0.39, 0.29) is 27.5 Å². The van der Waals surface area contributed by atoms with Crippen LogP contribution in [-0.4, -0.2) is 25.4 Å². The number of rotatable bonds is 5. The summed E-state index contributed by atoms with van der Waals surface area (Å²) in [7, 11) is -2.36. The molecule has 7 nitrogen and oxygen atoms in total. The zero-order valence-electron chi connectivity index (χ0n) is 18.0. The first kappa shape index (κ1) is 21.0. The molecule has 0 radical (unpaired) electrons. The molecule has 1 N–H and O–H groups in total. The topological polar surface area (TPSA) is 94.5 Å². The van der Waals surface area contributed by atoms with E-state index in [0.717, 1.165) is 0 Å². The fourth-order valence-corrected chi connectivity index (χ4v) is 5.30. The van der Waals surface area contributed by atoms with Gasteiger partial charge in [-0.05, 0) is 54.4 Å². The normalized spacial score (nSPS) is 12.5. The number of hydrogen-bond donors (Lipinski definition) is 1. The van der Waals surface area contributed by atoms with Gasteiger partial charge in [0.15, 0.2) is 5.78 Å². The van der Waals surface area contributed by atoms with E-state index in [0.29, 0.717) is 39.9 Å². The van der Waals surface area contributed by atoms with Crippen LogP contribution in [0.2, 0.25) is 0 Å². The van der Waals surface area contributed by atoms with Crippen LogP contribution in [0.25, 0.3) is 22.0 Å². The van der Waals surface area contributed by atoms with Gasteiger partial charge in [0.2, 0.25) is 0 Å². The summed E-state index contributed by atoms with van der Waals surface area (Å²) < 4.78 is 35.7. The maximum Gasteiger partial charge on any atom is 0.261 e. The number of ether oxygens (including phenoxy) is 1. The number of sulfonamides is 1. The van der Waals surface area contributed by atoms with Crippen LogP contribution < -0.4 is 15.0 Å². The summed E-state index contributed by atoms with van der Waals surface area (Å²) in [6.07, 6.45) is 0. The first-order valence-electron chi connectivity index (χ1n) is 10.4. The second kappa shape index (κ2) is 7.60. The minimum Gasteiger partial charge on any atom is -0.494 e. The Bertz CT molecular complexity index is 1600. The van der Waals surface area contributed by atoms with E-state index in [9.17, 15) is 18.0 Å². The molecule has 8 heteroatoms. The van der Waals surface area contributed by atoms with Gasteiger partial charge >= 0.3 is 0 Å². The predicted octanol–water partition coefficient (Wildman–Crippen LogP) is 3.95. The molecule has 0 amide bonds. The highest BCUT2D eigenvalue weighted by molar-refractivity contribution is 7.92. The minimum atomic E-state index is -3.98. The number of ketones is 1. The van der Waals surface area contributed by atoms with Gasteiger partial charge in [-0.3, -0.25) is 14.3 Å². The van der Waals surface area contributed by atoms with Crippen LogP contribution in [0.5, 0.6) is 5.75 Å². The number of hydrogen-bond acceptors (Lipinski definition) is 5. The van der Waals surface area contributed by atoms with Gasteiger partial charge in [0.25, 0.3) is 15.6 Å². The number of nitrogens with zero attached hydrogens (tertiary/aromatic N) is 1. The Morgan fingerprint density at radius 3 is 2.30 bits per heavy atom. The van der Waals surface area contributed by atoms with Crippen LogP contribution in [0.4, 0.5) is 5.69 Å². The van der Waals surface area contributed by atoms with Crippen LogP contribution in [0.15, 0.2) is 76.4 Å². The molecule has 3 aromatic carbocycles. The first-order valence-corrected chi connectivity index (χ1v) is 11.9. The van der Waals surface area contributed by atoms with E-state index in [2.05, 4.69) is 4.72 Å². The van der Waals surface area contributed by atoms with Crippen molar-refractivity contribution < 1.29 is 17.9 Å². The summed E-state index contributed by atoms with van der Waals surface area (Å²) >= 11 is 0. The van der Waals surface area contributed by atoms with Crippen molar-refractivity contribution >= 4 is 32.4 Å². The lowest BCUT2D eigenvalue weighted by atomic mass is 9.83. The highest BCUT2D eigenvalue weighted by Crippen LogP contribution is 2.41. The van der Waals surface area contributed by atoms with Crippen molar-refractivity contribution in [1.82, 2.24) is 4.57 Å². The SMILES string of the molecule is CCOc1ccc(S(=O)(=O)Nc2ccc3c4c(cc(=O)n3C)-c3ccccc3C(=O)c24)cc1. The maximum atomic E-state index is 13.5. The molecular weight excluding hydrogens is 440 g/mol. The number of nitrogens with one attached hydrogen (secondary N) is 1. The second-order valence-electron chi connectivity index (χ2n) is 7.72.